The Morgan fingerprint density at radius 2 is 2.00 bits per heavy atom. The number of amides is 2. The molecule has 0 aromatic heterocycles. The molecule has 0 saturated carbocycles. The van der Waals surface area contributed by atoms with Crippen LogP contribution in [-0.4, -0.2) is 55.1 Å². The fourth-order valence-electron chi connectivity index (χ4n) is 3.22. The third kappa shape index (κ3) is 5.70. The van der Waals surface area contributed by atoms with E-state index < -0.39 is 0 Å². The number of piperazine rings is 1. The minimum absolute atomic E-state index is 0.121. The normalized spacial score (nSPS) is 20.5. The molecule has 1 fully saturated rings. The van der Waals surface area contributed by atoms with Gasteiger partial charge in [0.25, 0.3) is 0 Å². The predicted octanol–water partition coefficient (Wildman–Crippen LogP) is 2.86. The molecule has 4 heteroatoms. The van der Waals surface area contributed by atoms with E-state index in [0.717, 1.165) is 45.7 Å². The maximum atomic E-state index is 12.1. The van der Waals surface area contributed by atoms with Crippen LogP contribution in [0.25, 0.3) is 0 Å². The molecule has 0 bridgehead atoms. The fraction of sp³-hybridized carbons (Fsp3) is 0.824. The molecule has 1 aliphatic heterocycles. The van der Waals surface area contributed by atoms with Gasteiger partial charge in [-0.2, -0.15) is 0 Å². The van der Waals surface area contributed by atoms with Gasteiger partial charge in [0.2, 0.25) is 0 Å². The molecule has 0 aromatic carbocycles. The first-order chi connectivity index (χ1) is 10.1. The summed E-state index contributed by atoms with van der Waals surface area (Å²) in [4.78, 5) is 16.6. The van der Waals surface area contributed by atoms with Crippen molar-refractivity contribution in [3.8, 4) is 0 Å². The molecule has 4 nitrogen and oxygen atoms in total. The van der Waals surface area contributed by atoms with Crippen molar-refractivity contribution in [2.75, 3.05) is 39.3 Å². The highest BCUT2D eigenvalue weighted by Gasteiger charge is 2.21. The molecule has 21 heavy (non-hydrogen) atoms. The molecule has 120 valence electrons. The van der Waals surface area contributed by atoms with E-state index in [2.05, 4.69) is 30.1 Å². The lowest BCUT2D eigenvalue weighted by Crippen LogP contribution is -2.52. The molecule has 0 spiro atoms. The lowest BCUT2D eigenvalue weighted by atomic mass is 9.97. The molecule has 1 saturated heterocycles. The highest BCUT2D eigenvalue weighted by Crippen LogP contribution is 2.19. The van der Waals surface area contributed by atoms with Crippen LogP contribution < -0.4 is 5.32 Å². The van der Waals surface area contributed by atoms with Crippen LogP contribution in [0.3, 0.4) is 0 Å². The summed E-state index contributed by atoms with van der Waals surface area (Å²) in [5.74, 6) is 0.703. The number of rotatable bonds is 5. The number of carbonyl (C=O) groups excluding carboxylic acids is 1. The van der Waals surface area contributed by atoms with Gasteiger partial charge in [0, 0.05) is 39.3 Å². The van der Waals surface area contributed by atoms with Crippen LogP contribution in [0.2, 0.25) is 0 Å². The van der Waals surface area contributed by atoms with Gasteiger partial charge in [-0.05, 0) is 38.0 Å². The summed E-state index contributed by atoms with van der Waals surface area (Å²) in [7, 11) is 0. The molecular weight excluding hydrogens is 262 g/mol. The van der Waals surface area contributed by atoms with Crippen LogP contribution in [0.4, 0.5) is 4.79 Å². The van der Waals surface area contributed by atoms with Crippen molar-refractivity contribution in [3.63, 3.8) is 0 Å². The molecule has 2 rings (SSSR count). The minimum atomic E-state index is 0.121. The van der Waals surface area contributed by atoms with Gasteiger partial charge in [0.15, 0.2) is 0 Å². The van der Waals surface area contributed by atoms with Gasteiger partial charge in [-0.1, -0.05) is 25.5 Å². The van der Waals surface area contributed by atoms with Crippen LogP contribution in [-0.2, 0) is 0 Å². The molecule has 1 aliphatic carbocycles. The Morgan fingerprint density at radius 1 is 1.24 bits per heavy atom. The Labute approximate surface area is 129 Å². The topological polar surface area (TPSA) is 35.6 Å². The molecular formula is C17H31N3O. The summed E-state index contributed by atoms with van der Waals surface area (Å²) >= 11 is 0. The SMILES string of the molecule is CC(C)CN1CCN(C(=O)NCCC2=CCCCC2)CC1. The van der Waals surface area contributed by atoms with E-state index in [1.807, 2.05) is 4.90 Å². The van der Waals surface area contributed by atoms with Gasteiger partial charge in [-0.15, -0.1) is 0 Å². The first-order valence-corrected chi connectivity index (χ1v) is 8.58. The lowest BCUT2D eigenvalue weighted by molar-refractivity contribution is 0.131. The van der Waals surface area contributed by atoms with Crippen LogP contribution in [0.1, 0.15) is 46.0 Å². The summed E-state index contributed by atoms with van der Waals surface area (Å²) in [6.45, 7) is 10.2. The number of hydrogen-bond acceptors (Lipinski definition) is 2. The van der Waals surface area contributed by atoms with Crippen molar-refractivity contribution < 1.29 is 4.79 Å². The largest absolute Gasteiger partial charge is 0.338 e. The van der Waals surface area contributed by atoms with E-state index in [-0.39, 0.29) is 6.03 Å². The Balaban J connectivity index is 1.62. The van der Waals surface area contributed by atoms with Gasteiger partial charge in [0.05, 0.1) is 0 Å². The summed E-state index contributed by atoms with van der Waals surface area (Å²) in [5, 5.41) is 3.08. The standard InChI is InChI=1S/C17H31N3O/c1-15(2)14-19-10-12-20(13-11-19)17(21)18-9-8-16-6-4-3-5-7-16/h6,15H,3-5,7-14H2,1-2H3,(H,18,21). The number of urea groups is 1. The van der Waals surface area contributed by atoms with E-state index in [1.165, 1.54) is 31.3 Å². The van der Waals surface area contributed by atoms with Crippen molar-refractivity contribution in [2.24, 2.45) is 5.92 Å². The van der Waals surface area contributed by atoms with Crippen molar-refractivity contribution >= 4 is 6.03 Å². The van der Waals surface area contributed by atoms with Crippen LogP contribution >= 0.6 is 0 Å². The van der Waals surface area contributed by atoms with Crippen molar-refractivity contribution in [1.29, 1.82) is 0 Å². The number of hydrogen-bond donors (Lipinski definition) is 1. The second kappa shape index (κ2) is 8.42. The molecule has 2 aliphatic rings. The van der Waals surface area contributed by atoms with Gasteiger partial charge in [-0.25, -0.2) is 4.79 Å². The third-order valence-electron chi connectivity index (χ3n) is 4.39. The summed E-state index contributed by atoms with van der Waals surface area (Å²) in [6, 6.07) is 0.121. The maximum Gasteiger partial charge on any atom is 0.317 e. The first kappa shape index (κ1) is 16.3. The van der Waals surface area contributed by atoms with E-state index in [9.17, 15) is 4.79 Å². The zero-order valence-corrected chi connectivity index (χ0v) is 13.7. The third-order valence-corrected chi connectivity index (χ3v) is 4.39. The number of allylic oxidation sites excluding steroid dienone is 1. The molecule has 0 radical (unpaired) electrons. The highest BCUT2D eigenvalue weighted by atomic mass is 16.2. The molecule has 1 heterocycles. The van der Waals surface area contributed by atoms with E-state index >= 15 is 0 Å². The fourth-order valence-corrected chi connectivity index (χ4v) is 3.22. The van der Waals surface area contributed by atoms with Crippen molar-refractivity contribution in [3.05, 3.63) is 11.6 Å². The number of carbonyl (C=O) groups is 1. The van der Waals surface area contributed by atoms with Crippen LogP contribution in [0, 0.1) is 5.92 Å². The van der Waals surface area contributed by atoms with Crippen LogP contribution in [0.15, 0.2) is 11.6 Å². The minimum Gasteiger partial charge on any atom is -0.338 e. The lowest BCUT2D eigenvalue weighted by Gasteiger charge is -2.35. The summed E-state index contributed by atoms with van der Waals surface area (Å²) in [6.07, 6.45) is 8.48. The monoisotopic (exact) mass is 293 g/mol. The second-order valence-corrected chi connectivity index (χ2v) is 6.77. The number of nitrogens with one attached hydrogen (secondary N) is 1. The molecule has 1 N–H and O–H groups in total. The Morgan fingerprint density at radius 3 is 2.62 bits per heavy atom. The zero-order valence-electron chi connectivity index (χ0n) is 13.7. The molecule has 0 aromatic rings. The smallest absolute Gasteiger partial charge is 0.317 e. The first-order valence-electron chi connectivity index (χ1n) is 8.58. The van der Waals surface area contributed by atoms with Gasteiger partial charge in [-0.3, -0.25) is 4.90 Å². The number of nitrogens with zero attached hydrogens (tertiary/aromatic N) is 2. The van der Waals surface area contributed by atoms with E-state index in [0.29, 0.717) is 5.92 Å². The molecule has 2 amide bonds. The van der Waals surface area contributed by atoms with Crippen molar-refractivity contribution in [1.82, 2.24) is 15.1 Å². The quantitative estimate of drug-likeness (QED) is 0.791. The van der Waals surface area contributed by atoms with Crippen LogP contribution in [0.5, 0.6) is 0 Å². The Hall–Kier alpha value is -1.03. The van der Waals surface area contributed by atoms with Gasteiger partial charge >= 0.3 is 6.03 Å². The summed E-state index contributed by atoms with van der Waals surface area (Å²) < 4.78 is 0. The van der Waals surface area contributed by atoms with Gasteiger partial charge in [0.1, 0.15) is 0 Å². The Bertz CT molecular complexity index is 357. The van der Waals surface area contributed by atoms with Crippen molar-refractivity contribution in [2.45, 2.75) is 46.0 Å². The van der Waals surface area contributed by atoms with Gasteiger partial charge < -0.3 is 10.2 Å². The average Bonchev–Trinajstić information content (AvgIpc) is 2.48. The predicted molar refractivity (Wildman–Crippen MR) is 87.4 cm³/mol. The van der Waals surface area contributed by atoms with E-state index in [4.69, 9.17) is 0 Å². The Kier molecular flexibility index (Phi) is 6.55. The summed E-state index contributed by atoms with van der Waals surface area (Å²) in [5.41, 5.74) is 1.53. The second-order valence-electron chi connectivity index (χ2n) is 6.77. The average molecular weight is 293 g/mol. The zero-order chi connectivity index (χ0) is 15.1. The highest BCUT2D eigenvalue weighted by molar-refractivity contribution is 5.74. The maximum absolute atomic E-state index is 12.1. The molecule has 0 unspecified atom stereocenters. The van der Waals surface area contributed by atoms with E-state index in [1.54, 1.807) is 0 Å². The molecule has 0 atom stereocenters.